The molecule has 11 heavy (non-hydrogen) atoms. The van der Waals surface area contributed by atoms with Crippen LogP contribution in [0.25, 0.3) is 0 Å². The third kappa shape index (κ3) is 2.91. The number of rotatable bonds is 0. The molecule has 0 aliphatic heterocycles. The predicted molar refractivity (Wildman–Crippen MR) is 45.9 cm³/mol. The van der Waals surface area contributed by atoms with E-state index in [4.69, 9.17) is 0 Å². The molecule has 0 unspecified atom stereocenters. The minimum absolute atomic E-state index is 0.516. The number of hydrogen-bond donors (Lipinski definition) is 0. The van der Waals surface area contributed by atoms with Crippen molar-refractivity contribution in [2.45, 2.75) is 8.45 Å². The molecular formula is C2F6I2Te. The first-order valence-electron chi connectivity index (χ1n) is 1.85. The van der Waals surface area contributed by atoms with Gasteiger partial charge in [0.15, 0.2) is 0 Å². The van der Waals surface area contributed by atoms with E-state index < -0.39 is 18.7 Å². The average molecular weight is 519 g/mol. The van der Waals surface area contributed by atoms with Gasteiger partial charge in [0.05, 0.1) is 0 Å². The van der Waals surface area contributed by atoms with Crippen LogP contribution in [-0.4, -0.2) is 18.7 Å². The predicted octanol–water partition coefficient (Wildman–Crippen LogP) is 3.50. The van der Waals surface area contributed by atoms with Crippen LogP contribution in [0.2, 0.25) is 0 Å². The Morgan fingerprint density at radius 2 is 0.909 bits per heavy atom. The van der Waals surface area contributed by atoms with Gasteiger partial charge in [0, 0.05) is 0 Å². The van der Waals surface area contributed by atoms with E-state index in [0.717, 1.165) is 0 Å². The Balaban J connectivity index is 4.75. The van der Waals surface area contributed by atoms with Crippen molar-refractivity contribution in [3.63, 3.8) is 0 Å². The summed E-state index contributed by atoms with van der Waals surface area (Å²) in [5.41, 5.74) is 0. The molecule has 0 amide bonds. The molecule has 0 aromatic heterocycles. The van der Waals surface area contributed by atoms with Crippen molar-refractivity contribution in [3.8, 4) is 0 Å². The van der Waals surface area contributed by atoms with E-state index in [0.29, 0.717) is 37.4 Å². The third-order valence-electron chi connectivity index (χ3n) is 0.581. The van der Waals surface area contributed by atoms with Crippen molar-refractivity contribution >= 4 is 47.7 Å². The molecule has 0 aromatic carbocycles. The molecule has 0 radical (unpaired) electrons. The van der Waals surface area contributed by atoms with Crippen molar-refractivity contribution in [1.29, 1.82) is 0 Å². The standard InChI is InChI=1S/C2F6I2Te/c3-1(4,5)11(9,10)2(6,7)8. The molecular weight excluding hydrogens is 519 g/mol. The van der Waals surface area contributed by atoms with E-state index in [1.54, 1.807) is 0 Å². The Labute approximate surface area is 81.4 Å². The molecule has 0 aliphatic carbocycles. The number of halogens is 8. The Kier molecular flexibility index (Phi) is 4.12. The van der Waals surface area contributed by atoms with E-state index >= 15 is 0 Å². The Hall–Kier alpha value is 1.83. The van der Waals surface area contributed by atoms with Crippen molar-refractivity contribution in [2.75, 3.05) is 0 Å². The maximum atomic E-state index is 11.7. The third-order valence-corrected chi connectivity index (χ3v) is 17.3. The van der Waals surface area contributed by atoms with Gasteiger partial charge in [-0.1, -0.05) is 0 Å². The van der Waals surface area contributed by atoms with E-state index in [1.165, 1.54) is 0 Å². The van der Waals surface area contributed by atoms with Gasteiger partial charge >= 0.3 is 82.5 Å². The van der Waals surface area contributed by atoms with Crippen molar-refractivity contribution in [3.05, 3.63) is 0 Å². The summed E-state index contributed by atoms with van der Waals surface area (Å²) in [5, 5.41) is 0. The van der Waals surface area contributed by atoms with Gasteiger partial charge in [-0.25, -0.2) is 0 Å². The maximum absolute atomic E-state index is 11.7. The van der Waals surface area contributed by atoms with Gasteiger partial charge in [-0.05, 0) is 0 Å². The summed E-state index contributed by atoms with van der Waals surface area (Å²) in [6.07, 6.45) is 0. The average Bonchev–Trinajstić information content (AvgIpc) is 1.58. The Morgan fingerprint density at radius 1 is 0.727 bits per heavy atom. The van der Waals surface area contributed by atoms with E-state index in [-0.39, 0.29) is 0 Å². The first-order chi connectivity index (χ1) is 4.50. The summed E-state index contributed by atoms with van der Waals surface area (Å²) in [4.78, 5) is 0. The van der Waals surface area contributed by atoms with Gasteiger partial charge in [-0.2, -0.15) is 0 Å². The van der Waals surface area contributed by atoms with Crippen LogP contribution in [0.3, 0.4) is 0 Å². The molecule has 0 spiro atoms. The molecule has 0 heterocycles. The number of hydrogen-bond acceptors (Lipinski definition) is 0. The molecule has 0 nitrogen and oxygen atoms in total. The zero-order chi connectivity index (χ0) is 9.50. The van der Waals surface area contributed by atoms with Crippen LogP contribution < -0.4 is 0 Å². The van der Waals surface area contributed by atoms with Crippen molar-refractivity contribution < 1.29 is 26.3 Å². The molecule has 0 rings (SSSR count). The first-order valence-corrected chi connectivity index (χ1v) is 17.8. The summed E-state index contributed by atoms with van der Waals surface area (Å²) in [7, 11) is -5.71. The molecule has 0 saturated carbocycles. The zero-order valence-corrected chi connectivity index (χ0v) is 11.1. The quantitative estimate of drug-likeness (QED) is 0.261. The topological polar surface area (TPSA) is 0 Å². The van der Waals surface area contributed by atoms with Gasteiger partial charge < -0.3 is 0 Å². The normalized spacial score (nSPS) is 16.7. The van der Waals surface area contributed by atoms with Crippen LogP contribution in [-0.2, 0) is 0 Å². The van der Waals surface area contributed by atoms with Gasteiger partial charge in [-0.15, -0.1) is 0 Å². The summed E-state index contributed by atoms with van der Waals surface area (Å²) >= 11 is 1.03. The summed E-state index contributed by atoms with van der Waals surface area (Å²) < 4.78 is 59.9. The second-order valence-electron chi connectivity index (χ2n) is 1.36. The zero-order valence-electron chi connectivity index (χ0n) is 4.43. The first kappa shape index (κ1) is 12.8. The van der Waals surface area contributed by atoms with Crippen LogP contribution in [0.4, 0.5) is 26.3 Å². The summed E-state index contributed by atoms with van der Waals surface area (Å²) in [6.45, 7) is 0. The number of alkyl halides is 6. The molecule has 0 atom stereocenters. The summed E-state index contributed by atoms with van der Waals surface area (Å²) in [6, 6.07) is 0. The fourth-order valence-corrected chi connectivity index (χ4v) is 0.880. The van der Waals surface area contributed by atoms with Crippen LogP contribution in [0, 0.1) is 0 Å². The van der Waals surface area contributed by atoms with Gasteiger partial charge in [-0.3, -0.25) is 0 Å². The Bertz CT molecular complexity index is 130. The van der Waals surface area contributed by atoms with Crippen LogP contribution in [0.5, 0.6) is 0 Å². The molecule has 0 saturated heterocycles. The summed E-state index contributed by atoms with van der Waals surface area (Å²) in [5.74, 6) is 0. The van der Waals surface area contributed by atoms with E-state index in [1.807, 2.05) is 0 Å². The second kappa shape index (κ2) is 3.53. The molecule has 0 N–H and O–H groups in total. The van der Waals surface area contributed by atoms with Crippen LogP contribution in [0.1, 0.15) is 0 Å². The Morgan fingerprint density at radius 3 is 0.909 bits per heavy atom. The van der Waals surface area contributed by atoms with Crippen molar-refractivity contribution in [2.24, 2.45) is 0 Å². The molecule has 0 bridgehead atoms. The minimum atomic E-state index is -5.71. The SMILES string of the molecule is FC(F)(F)[Te](I)(I)C(F)(F)F. The van der Waals surface area contributed by atoms with E-state index in [9.17, 15) is 26.3 Å². The van der Waals surface area contributed by atoms with Crippen LogP contribution in [0.15, 0.2) is 0 Å². The molecule has 0 aliphatic rings. The molecule has 70 valence electrons. The van der Waals surface area contributed by atoms with Crippen molar-refractivity contribution in [1.82, 2.24) is 0 Å². The monoisotopic (exact) mass is 522 g/mol. The second-order valence-corrected chi connectivity index (χ2v) is 35.7. The fraction of sp³-hybridized carbons (Fsp3) is 1.00. The van der Waals surface area contributed by atoms with E-state index in [2.05, 4.69) is 0 Å². The molecule has 9 heteroatoms. The van der Waals surface area contributed by atoms with Crippen LogP contribution >= 0.6 is 37.4 Å². The van der Waals surface area contributed by atoms with Gasteiger partial charge in [0.25, 0.3) is 0 Å². The van der Waals surface area contributed by atoms with Gasteiger partial charge in [0.1, 0.15) is 0 Å². The fourth-order valence-electron chi connectivity index (χ4n) is 0.131. The molecule has 0 fully saturated rings. The van der Waals surface area contributed by atoms with Gasteiger partial charge in [0.2, 0.25) is 0 Å². The molecule has 0 aromatic rings.